The fourth-order valence-corrected chi connectivity index (χ4v) is 2.93. The quantitative estimate of drug-likeness (QED) is 0.817. The summed E-state index contributed by atoms with van der Waals surface area (Å²) in [5.74, 6) is 1.76. The molecule has 0 aromatic carbocycles. The van der Waals surface area contributed by atoms with Crippen molar-refractivity contribution in [1.82, 2.24) is 10.2 Å². The van der Waals surface area contributed by atoms with E-state index in [1.54, 1.807) is 6.26 Å². The van der Waals surface area contributed by atoms with Crippen molar-refractivity contribution in [1.29, 1.82) is 0 Å². The van der Waals surface area contributed by atoms with Gasteiger partial charge in [0.05, 0.1) is 12.3 Å². The summed E-state index contributed by atoms with van der Waals surface area (Å²) in [7, 11) is 0. The summed E-state index contributed by atoms with van der Waals surface area (Å²) in [4.78, 5) is 2.61. The molecule has 0 radical (unpaired) electrons. The number of nitrogens with zero attached hydrogens (tertiary/aromatic N) is 1. The van der Waals surface area contributed by atoms with Crippen molar-refractivity contribution >= 4 is 0 Å². The Balaban J connectivity index is 1.71. The van der Waals surface area contributed by atoms with Gasteiger partial charge in [0.2, 0.25) is 0 Å². The van der Waals surface area contributed by atoms with Gasteiger partial charge in [0.25, 0.3) is 0 Å². The zero-order chi connectivity index (χ0) is 13.5. The summed E-state index contributed by atoms with van der Waals surface area (Å²) in [5, 5.41) is 3.64. The monoisotopic (exact) mass is 264 g/mol. The highest BCUT2D eigenvalue weighted by Crippen LogP contribution is 2.17. The van der Waals surface area contributed by atoms with Crippen molar-refractivity contribution in [3.05, 3.63) is 24.2 Å². The maximum Gasteiger partial charge on any atom is 0.120 e. The average Bonchev–Trinajstić information content (AvgIpc) is 2.95. The lowest BCUT2D eigenvalue weighted by molar-refractivity contribution is 0.196. The van der Waals surface area contributed by atoms with Crippen LogP contribution in [0.15, 0.2) is 22.8 Å². The van der Waals surface area contributed by atoms with E-state index in [0.29, 0.717) is 12.0 Å². The molecule has 0 bridgehead atoms. The van der Waals surface area contributed by atoms with Crippen LogP contribution < -0.4 is 5.32 Å². The highest BCUT2D eigenvalue weighted by molar-refractivity contribution is 5.03. The van der Waals surface area contributed by atoms with Crippen molar-refractivity contribution in [2.75, 3.05) is 26.2 Å². The van der Waals surface area contributed by atoms with Crippen LogP contribution in [-0.2, 0) is 0 Å². The molecule has 1 aromatic heterocycles. The van der Waals surface area contributed by atoms with Gasteiger partial charge in [0.15, 0.2) is 0 Å². The molecule has 1 aromatic rings. The van der Waals surface area contributed by atoms with E-state index in [0.717, 1.165) is 18.7 Å². The van der Waals surface area contributed by atoms with Gasteiger partial charge in [-0.15, -0.1) is 0 Å². The molecule has 0 aliphatic carbocycles. The third-order valence-corrected chi connectivity index (χ3v) is 4.03. The van der Waals surface area contributed by atoms with Gasteiger partial charge in [0, 0.05) is 6.54 Å². The molecule has 19 heavy (non-hydrogen) atoms. The normalized spacial score (nSPS) is 20.3. The molecule has 3 heteroatoms. The minimum absolute atomic E-state index is 0.360. The number of rotatable bonds is 7. The maximum atomic E-state index is 5.50. The first-order valence-corrected chi connectivity index (χ1v) is 7.78. The van der Waals surface area contributed by atoms with Gasteiger partial charge in [-0.05, 0) is 56.9 Å². The van der Waals surface area contributed by atoms with E-state index in [2.05, 4.69) is 30.1 Å². The Morgan fingerprint density at radius 2 is 2.11 bits per heavy atom. The third-order valence-electron chi connectivity index (χ3n) is 4.03. The molecular weight excluding hydrogens is 236 g/mol. The number of hydrogen-bond acceptors (Lipinski definition) is 3. The molecule has 1 fully saturated rings. The topological polar surface area (TPSA) is 28.4 Å². The molecular formula is C16H28N2O. The van der Waals surface area contributed by atoms with Gasteiger partial charge in [-0.1, -0.05) is 20.3 Å². The summed E-state index contributed by atoms with van der Waals surface area (Å²) < 4.78 is 5.50. The molecule has 1 saturated heterocycles. The molecule has 2 heterocycles. The van der Waals surface area contributed by atoms with Crippen molar-refractivity contribution < 1.29 is 4.42 Å². The lowest BCUT2D eigenvalue weighted by Gasteiger charge is -2.29. The number of piperidine rings is 1. The first-order valence-electron chi connectivity index (χ1n) is 7.78. The minimum Gasteiger partial charge on any atom is -0.468 e. The highest BCUT2D eigenvalue weighted by atomic mass is 16.3. The summed E-state index contributed by atoms with van der Waals surface area (Å²) in [5.41, 5.74) is 0. The molecule has 1 aliphatic heterocycles. The van der Waals surface area contributed by atoms with Crippen LogP contribution in [0.25, 0.3) is 0 Å². The Kier molecular flexibility index (Phi) is 5.93. The predicted octanol–water partition coefficient (Wildman–Crippen LogP) is 3.44. The summed E-state index contributed by atoms with van der Waals surface area (Å²) >= 11 is 0. The summed E-state index contributed by atoms with van der Waals surface area (Å²) in [6.45, 7) is 9.42. The van der Waals surface area contributed by atoms with E-state index in [1.165, 1.54) is 38.9 Å². The molecule has 0 saturated carbocycles. The second-order valence-corrected chi connectivity index (χ2v) is 5.85. The van der Waals surface area contributed by atoms with Crippen molar-refractivity contribution in [3.63, 3.8) is 0 Å². The Labute approximate surface area is 117 Å². The smallest absolute Gasteiger partial charge is 0.120 e. The molecule has 3 nitrogen and oxygen atoms in total. The van der Waals surface area contributed by atoms with Crippen molar-refractivity contribution in [2.45, 2.75) is 45.6 Å². The van der Waals surface area contributed by atoms with Crippen molar-refractivity contribution in [2.24, 2.45) is 5.92 Å². The van der Waals surface area contributed by atoms with E-state index in [9.17, 15) is 0 Å². The zero-order valence-corrected chi connectivity index (χ0v) is 12.4. The molecule has 108 valence electrons. The largest absolute Gasteiger partial charge is 0.468 e. The number of hydrogen-bond donors (Lipinski definition) is 1. The molecule has 1 N–H and O–H groups in total. The van der Waals surface area contributed by atoms with Crippen LogP contribution in [-0.4, -0.2) is 31.1 Å². The van der Waals surface area contributed by atoms with Crippen molar-refractivity contribution in [3.8, 4) is 0 Å². The van der Waals surface area contributed by atoms with Gasteiger partial charge >= 0.3 is 0 Å². The molecule has 1 aliphatic rings. The van der Waals surface area contributed by atoms with Gasteiger partial charge in [-0.2, -0.15) is 0 Å². The van der Waals surface area contributed by atoms with Gasteiger partial charge in [-0.3, -0.25) is 0 Å². The molecule has 2 unspecified atom stereocenters. The Hall–Kier alpha value is -0.800. The lowest BCUT2D eigenvalue weighted by atomic mass is 10.1. The summed E-state index contributed by atoms with van der Waals surface area (Å²) in [6, 6.07) is 4.40. The van der Waals surface area contributed by atoms with E-state index in [-0.39, 0.29) is 0 Å². The summed E-state index contributed by atoms with van der Waals surface area (Å²) in [6.07, 6.45) is 7.01. The third kappa shape index (κ3) is 4.66. The highest BCUT2D eigenvalue weighted by Gasteiger charge is 2.16. The molecule has 0 spiro atoms. The second-order valence-electron chi connectivity index (χ2n) is 5.85. The van der Waals surface area contributed by atoms with E-state index < -0.39 is 0 Å². The van der Waals surface area contributed by atoms with E-state index in [4.69, 9.17) is 4.42 Å². The van der Waals surface area contributed by atoms with Crippen LogP contribution in [0, 0.1) is 5.92 Å². The maximum absolute atomic E-state index is 5.50. The standard InChI is InChI=1S/C16H28N2O/c1-3-15(16-8-7-11-19-16)17-12-14(2)13-18-9-5-4-6-10-18/h7-8,11,14-15,17H,3-6,9-10,12-13H2,1-2H3. The molecule has 0 amide bonds. The predicted molar refractivity (Wildman–Crippen MR) is 79.2 cm³/mol. The van der Waals surface area contributed by atoms with Gasteiger partial charge < -0.3 is 14.6 Å². The van der Waals surface area contributed by atoms with Gasteiger partial charge in [-0.25, -0.2) is 0 Å². The fourth-order valence-electron chi connectivity index (χ4n) is 2.93. The van der Waals surface area contributed by atoms with Gasteiger partial charge in [0.1, 0.15) is 5.76 Å². The Bertz CT molecular complexity index is 331. The average molecular weight is 264 g/mol. The zero-order valence-electron chi connectivity index (χ0n) is 12.4. The minimum atomic E-state index is 0.360. The van der Waals surface area contributed by atoms with Crippen LogP contribution in [0.5, 0.6) is 0 Å². The lowest BCUT2D eigenvalue weighted by Crippen LogP contribution is -2.37. The second kappa shape index (κ2) is 7.71. The number of likely N-dealkylation sites (tertiary alicyclic amines) is 1. The first kappa shape index (κ1) is 14.6. The Morgan fingerprint density at radius 1 is 1.32 bits per heavy atom. The Morgan fingerprint density at radius 3 is 2.74 bits per heavy atom. The molecule has 2 atom stereocenters. The number of furan rings is 1. The molecule has 2 rings (SSSR count). The van der Waals surface area contributed by atoms with Crippen LogP contribution >= 0.6 is 0 Å². The SMILES string of the molecule is CCC(NCC(C)CN1CCCCC1)c1ccco1. The van der Waals surface area contributed by atoms with E-state index in [1.807, 2.05) is 6.07 Å². The number of nitrogens with one attached hydrogen (secondary N) is 1. The van der Waals surface area contributed by atoms with Crippen LogP contribution in [0.2, 0.25) is 0 Å². The van der Waals surface area contributed by atoms with E-state index >= 15 is 0 Å². The first-order chi connectivity index (χ1) is 9.29. The van der Waals surface area contributed by atoms with Crippen LogP contribution in [0.3, 0.4) is 0 Å². The fraction of sp³-hybridized carbons (Fsp3) is 0.750. The van der Waals surface area contributed by atoms with Crippen LogP contribution in [0.4, 0.5) is 0 Å². The van der Waals surface area contributed by atoms with Crippen LogP contribution in [0.1, 0.15) is 51.3 Å².